The molecule has 106 valence electrons. The van der Waals surface area contributed by atoms with E-state index < -0.39 is 0 Å². The van der Waals surface area contributed by atoms with Crippen molar-refractivity contribution in [3.05, 3.63) is 35.4 Å². The van der Waals surface area contributed by atoms with Crippen LogP contribution in [-0.4, -0.2) is 28.8 Å². The first-order chi connectivity index (χ1) is 9.70. The number of aryl methyl sites for hydroxylation is 1. The Kier molecular flexibility index (Phi) is 3.57. The molecule has 2 fully saturated rings. The minimum Gasteiger partial charge on any atom is -0.301 e. The normalized spacial score (nSPS) is 22.6. The van der Waals surface area contributed by atoms with E-state index in [0.29, 0.717) is 13.0 Å². The molecule has 1 atom stereocenters. The molecule has 2 amide bonds. The number of likely N-dealkylation sites (tertiary alicyclic amines) is 1. The minimum atomic E-state index is -0.340. The van der Waals surface area contributed by atoms with Gasteiger partial charge in [-0.05, 0) is 30.4 Å². The lowest BCUT2D eigenvalue weighted by Crippen LogP contribution is -2.39. The van der Waals surface area contributed by atoms with E-state index in [1.165, 1.54) is 16.0 Å². The first kappa shape index (κ1) is 13.3. The van der Waals surface area contributed by atoms with Crippen LogP contribution >= 0.6 is 0 Å². The molecule has 4 nitrogen and oxygen atoms in total. The van der Waals surface area contributed by atoms with Crippen molar-refractivity contribution >= 4 is 11.8 Å². The Morgan fingerprint density at radius 1 is 1.20 bits per heavy atom. The molecule has 0 bridgehead atoms. The average molecular weight is 272 g/mol. The quantitative estimate of drug-likeness (QED) is 0.829. The molecular weight excluding hydrogens is 252 g/mol. The van der Waals surface area contributed by atoms with E-state index in [4.69, 9.17) is 0 Å². The van der Waals surface area contributed by atoms with Gasteiger partial charge in [0.25, 0.3) is 0 Å². The largest absolute Gasteiger partial charge is 0.301 e. The summed E-state index contributed by atoms with van der Waals surface area (Å²) in [5, 5.41) is 3.25. The number of hydrogen-bond donors (Lipinski definition) is 1. The van der Waals surface area contributed by atoms with E-state index in [-0.39, 0.29) is 23.9 Å². The lowest BCUT2D eigenvalue weighted by atomic mass is 10.1. The minimum absolute atomic E-state index is 0.0150. The monoisotopic (exact) mass is 272 g/mol. The number of rotatable bonds is 5. The zero-order chi connectivity index (χ0) is 14.1. The number of carbonyl (C=O) groups is 2. The van der Waals surface area contributed by atoms with Gasteiger partial charge in [-0.25, -0.2) is 0 Å². The first-order valence-corrected chi connectivity index (χ1v) is 7.36. The Balaban J connectivity index is 1.64. The van der Waals surface area contributed by atoms with Crippen molar-refractivity contribution < 1.29 is 9.59 Å². The van der Waals surface area contributed by atoms with Gasteiger partial charge in [0.2, 0.25) is 11.8 Å². The maximum atomic E-state index is 12.2. The maximum absolute atomic E-state index is 12.2. The number of hydrogen-bond acceptors (Lipinski definition) is 3. The molecule has 3 rings (SSSR count). The van der Waals surface area contributed by atoms with Crippen molar-refractivity contribution in [2.75, 3.05) is 0 Å². The summed E-state index contributed by atoms with van der Waals surface area (Å²) in [6.07, 6.45) is 3.24. The fourth-order valence-electron chi connectivity index (χ4n) is 2.83. The highest BCUT2D eigenvalue weighted by atomic mass is 16.2. The summed E-state index contributed by atoms with van der Waals surface area (Å²) in [4.78, 5) is 25.6. The molecule has 2 aliphatic rings. The Hall–Kier alpha value is -1.68. The van der Waals surface area contributed by atoms with Crippen LogP contribution in [0.25, 0.3) is 0 Å². The zero-order valence-electron chi connectivity index (χ0n) is 11.8. The van der Waals surface area contributed by atoms with Gasteiger partial charge in [-0.2, -0.15) is 0 Å². The van der Waals surface area contributed by atoms with Crippen molar-refractivity contribution in [2.24, 2.45) is 0 Å². The van der Waals surface area contributed by atoms with Crippen molar-refractivity contribution in [3.8, 4) is 0 Å². The average Bonchev–Trinajstić information content (AvgIpc) is 3.24. The van der Waals surface area contributed by atoms with Gasteiger partial charge in [0.05, 0.1) is 12.5 Å². The fraction of sp³-hybridized carbons (Fsp3) is 0.500. The number of amides is 2. The second-order valence-corrected chi connectivity index (χ2v) is 5.59. The van der Waals surface area contributed by atoms with Crippen LogP contribution in [0.1, 0.15) is 37.3 Å². The molecule has 1 saturated carbocycles. The molecule has 1 unspecified atom stereocenters. The molecule has 4 heteroatoms. The van der Waals surface area contributed by atoms with Gasteiger partial charge in [-0.1, -0.05) is 31.2 Å². The summed E-state index contributed by atoms with van der Waals surface area (Å²) >= 11 is 0. The van der Waals surface area contributed by atoms with Crippen molar-refractivity contribution in [2.45, 2.75) is 51.2 Å². The van der Waals surface area contributed by atoms with Gasteiger partial charge in [0.15, 0.2) is 0 Å². The lowest BCUT2D eigenvalue weighted by molar-refractivity contribution is -0.139. The van der Waals surface area contributed by atoms with Crippen LogP contribution in [0.2, 0.25) is 0 Å². The SMILES string of the molecule is CCc1ccccc1CNC1CC(=O)N(C2CC2)C1=O. The zero-order valence-corrected chi connectivity index (χ0v) is 11.8. The summed E-state index contributed by atoms with van der Waals surface area (Å²) in [6, 6.07) is 8.06. The van der Waals surface area contributed by atoms with E-state index >= 15 is 0 Å². The molecule has 1 aromatic carbocycles. The molecule has 0 radical (unpaired) electrons. The van der Waals surface area contributed by atoms with Gasteiger partial charge >= 0.3 is 0 Å². The van der Waals surface area contributed by atoms with Crippen LogP contribution in [0.15, 0.2) is 24.3 Å². The van der Waals surface area contributed by atoms with Crippen molar-refractivity contribution in [1.82, 2.24) is 10.2 Å². The van der Waals surface area contributed by atoms with Gasteiger partial charge in [0.1, 0.15) is 0 Å². The Bertz CT molecular complexity index is 537. The predicted octanol–water partition coefficient (Wildman–Crippen LogP) is 1.63. The van der Waals surface area contributed by atoms with Crippen LogP contribution in [0.4, 0.5) is 0 Å². The van der Waals surface area contributed by atoms with Crippen LogP contribution in [0.5, 0.6) is 0 Å². The second kappa shape index (κ2) is 5.37. The summed E-state index contributed by atoms with van der Waals surface area (Å²) in [7, 11) is 0. The van der Waals surface area contributed by atoms with Gasteiger partial charge in [0, 0.05) is 12.6 Å². The van der Waals surface area contributed by atoms with Crippen LogP contribution in [0, 0.1) is 0 Å². The first-order valence-electron chi connectivity index (χ1n) is 7.36. The number of nitrogens with zero attached hydrogens (tertiary/aromatic N) is 1. The lowest BCUT2D eigenvalue weighted by Gasteiger charge is -2.15. The predicted molar refractivity (Wildman–Crippen MR) is 75.9 cm³/mol. The van der Waals surface area contributed by atoms with Crippen LogP contribution in [-0.2, 0) is 22.6 Å². The summed E-state index contributed by atoms with van der Waals surface area (Å²) < 4.78 is 0. The molecule has 0 spiro atoms. The smallest absolute Gasteiger partial charge is 0.247 e. The highest BCUT2D eigenvalue weighted by Gasteiger charge is 2.45. The topological polar surface area (TPSA) is 49.4 Å². The molecule has 0 aromatic heterocycles. The van der Waals surface area contributed by atoms with Gasteiger partial charge < -0.3 is 5.32 Å². The number of nitrogens with one attached hydrogen (secondary N) is 1. The molecule has 1 N–H and O–H groups in total. The van der Waals surface area contributed by atoms with Crippen molar-refractivity contribution in [3.63, 3.8) is 0 Å². The van der Waals surface area contributed by atoms with Gasteiger partial charge in [-0.15, -0.1) is 0 Å². The fourth-order valence-corrected chi connectivity index (χ4v) is 2.83. The third-order valence-electron chi connectivity index (χ3n) is 4.13. The molecule has 1 saturated heterocycles. The Morgan fingerprint density at radius 3 is 2.55 bits per heavy atom. The third-order valence-corrected chi connectivity index (χ3v) is 4.13. The summed E-state index contributed by atoms with van der Waals surface area (Å²) in [6.45, 7) is 2.77. The maximum Gasteiger partial charge on any atom is 0.247 e. The summed E-state index contributed by atoms with van der Waals surface area (Å²) in [5.74, 6) is -0.0507. The number of carbonyl (C=O) groups excluding carboxylic acids is 2. The molecule has 1 heterocycles. The van der Waals surface area contributed by atoms with Crippen LogP contribution in [0.3, 0.4) is 0 Å². The van der Waals surface area contributed by atoms with Gasteiger partial charge in [-0.3, -0.25) is 14.5 Å². The number of benzene rings is 1. The Morgan fingerprint density at radius 2 is 1.90 bits per heavy atom. The van der Waals surface area contributed by atoms with E-state index in [0.717, 1.165) is 19.3 Å². The number of imide groups is 1. The van der Waals surface area contributed by atoms with E-state index in [2.05, 4.69) is 24.4 Å². The second-order valence-electron chi connectivity index (χ2n) is 5.59. The highest BCUT2D eigenvalue weighted by molar-refractivity contribution is 6.06. The van der Waals surface area contributed by atoms with E-state index in [1.807, 2.05) is 12.1 Å². The van der Waals surface area contributed by atoms with Crippen molar-refractivity contribution in [1.29, 1.82) is 0 Å². The highest BCUT2D eigenvalue weighted by Crippen LogP contribution is 2.31. The van der Waals surface area contributed by atoms with E-state index in [1.54, 1.807) is 0 Å². The Labute approximate surface area is 119 Å². The van der Waals surface area contributed by atoms with Crippen LogP contribution < -0.4 is 5.32 Å². The summed E-state index contributed by atoms with van der Waals surface area (Å²) in [5.41, 5.74) is 2.50. The molecule has 1 aromatic rings. The third kappa shape index (κ3) is 2.48. The molecule has 1 aliphatic heterocycles. The molecular formula is C16H20N2O2. The van der Waals surface area contributed by atoms with E-state index in [9.17, 15) is 9.59 Å². The molecule has 1 aliphatic carbocycles. The standard InChI is InChI=1S/C16H20N2O2/c1-2-11-5-3-4-6-12(11)10-17-14-9-15(19)18(16(14)20)13-7-8-13/h3-6,13-14,17H,2,7-10H2,1H3. The molecule has 20 heavy (non-hydrogen) atoms.